The molecule has 5 nitrogen and oxygen atoms in total. The van der Waals surface area contributed by atoms with Gasteiger partial charge in [0.05, 0.1) is 16.0 Å². The van der Waals surface area contributed by atoms with Gasteiger partial charge in [0.25, 0.3) is 0 Å². The summed E-state index contributed by atoms with van der Waals surface area (Å²) in [7, 11) is -4.57. The number of rotatable bonds is 6. The van der Waals surface area contributed by atoms with Crippen molar-refractivity contribution in [3.63, 3.8) is 0 Å². The van der Waals surface area contributed by atoms with Gasteiger partial charge in [-0.15, -0.1) is 0 Å². The Labute approximate surface area is 158 Å². The van der Waals surface area contributed by atoms with Crippen molar-refractivity contribution in [3.8, 4) is 0 Å². The number of likely N-dealkylation sites (tertiary alicyclic amines) is 1. The number of hydrogen-bond acceptors (Lipinski definition) is 4. The number of halogens is 6. The maximum atomic E-state index is 12.9. The lowest BCUT2D eigenvalue weighted by molar-refractivity contribution is -0.143. The summed E-state index contributed by atoms with van der Waals surface area (Å²) in [5, 5.41) is 9.17. The molecule has 0 saturated carbocycles. The lowest BCUT2D eigenvalue weighted by atomic mass is 9.99. The molecule has 1 aliphatic heterocycles. The van der Waals surface area contributed by atoms with E-state index in [9.17, 15) is 39.9 Å². The molecule has 0 unspecified atom stereocenters. The minimum Gasteiger partial charge on any atom is -0.396 e. The fourth-order valence-corrected chi connectivity index (χ4v) is 4.10. The van der Waals surface area contributed by atoms with E-state index in [1.165, 1.54) is 0 Å². The van der Waals surface area contributed by atoms with E-state index in [0.29, 0.717) is 13.1 Å². The number of sulfonamides is 1. The Hall–Kier alpha value is -1.37. The van der Waals surface area contributed by atoms with E-state index in [2.05, 4.69) is 0 Å². The van der Waals surface area contributed by atoms with Gasteiger partial charge < -0.3 is 10.0 Å². The molecule has 2 N–H and O–H groups in total. The third kappa shape index (κ3) is 6.06. The first-order valence-corrected chi connectivity index (χ1v) is 9.93. The highest BCUT2D eigenvalue weighted by Crippen LogP contribution is 2.37. The number of nitrogens with zero attached hydrogens (tertiary/aromatic N) is 1. The molecule has 160 valence electrons. The number of alkyl halides is 6. The molecule has 1 saturated heterocycles. The Balaban J connectivity index is 2.15. The summed E-state index contributed by atoms with van der Waals surface area (Å²) < 4.78 is 104. The van der Waals surface area contributed by atoms with Crippen molar-refractivity contribution in [2.24, 2.45) is 5.92 Å². The lowest BCUT2D eigenvalue weighted by Crippen LogP contribution is -2.41. The molecule has 1 atom stereocenters. The monoisotopic (exact) mass is 434 g/mol. The molecular weight excluding hydrogens is 414 g/mol. The van der Waals surface area contributed by atoms with E-state index in [0.717, 1.165) is 12.8 Å². The van der Waals surface area contributed by atoms with Gasteiger partial charge in [-0.1, -0.05) is 0 Å². The summed E-state index contributed by atoms with van der Waals surface area (Å²) in [4.78, 5) is 0.779. The summed E-state index contributed by atoms with van der Waals surface area (Å²) in [6, 6.07) is 0.238. The molecule has 0 aliphatic carbocycles. The van der Waals surface area contributed by atoms with E-state index in [-0.39, 0.29) is 43.8 Å². The maximum Gasteiger partial charge on any atom is 0.416 e. The zero-order chi connectivity index (χ0) is 21.2. The third-order valence-electron chi connectivity index (χ3n) is 4.45. The van der Waals surface area contributed by atoms with E-state index in [4.69, 9.17) is 0 Å². The summed E-state index contributed by atoms with van der Waals surface area (Å²) >= 11 is 0. The number of aliphatic hydroxyl groups excluding tert-OH is 1. The van der Waals surface area contributed by atoms with Gasteiger partial charge >= 0.3 is 12.4 Å². The van der Waals surface area contributed by atoms with E-state index < -0.39 is 38.4 Å². The van der Waals surface area contributed by atoms with Gasteiger partial charge in [-0.3, -0.25) is 0 Å². The van der Waals surface area contributed by atoms with Crippen LogP contribution in [0.25, 0.3) is 0 Å². The van der Waals surface area contributed by atoms with Crippen LogP contribution in [-0.2, 0) is 22.4 Å². The second kappa shape index (κ2) is 8.56. The zero-order valence-electron chi connectivity index (χ0n) is 14.6. The average Bonchev–Trinajstić information content (AvgIpc) is 2.60. The molecule has 12 heteroatoms. The average molecular weight is 434 g/mol. The fraction of sp³-hybridized carbons (Fsp3) is 0.625. The van der Waals surface area contributed by atoms with Gasteiger partial charge in [0, 0.05) is 26.2 Å². The summed E-state index contributed by atoms with van der Waals surface area (Å²) in [5.41, 5.74) is -3.38. The second-order valence-electron chi connectivity index (χ2n) is 6.63. The molecule has 0 bridgehead atoms. The van der Waals surface area contributed by atoms with Crippen LogP contribution in [0.5, 0.6) is 0 Å². The fourth-order valence-electron chi connectivity index (χ4n) is 3.01. The van der Waals surface area contributed by atoms with Crippen LogP contribution in [0.1, 0.15) is 24.0 Å². The van der Waals surface area contributed by atoms with Crippen LogP contribution in [0.3, 0.4) is 0 Å². The summed E-state index contributed by atoms with van der Waals surface area (Å²) in [6.45, 7) is 1.24. The Bertz CT molecular complexity index is 747. The standard InChI is InChI=1S/C16H20F6N2O3S/c17-15(18,19)12-6-13(16(20,21)22)8-14(7-12)28(26,27)23-3-5-24-4-1-2-11(9-24)10-25/h6-8,11,23,25H,1-5,9-10H2/t11-/m0/s1. The van der Waals surface area contributed by atoms with Crippen molar-refractivity contribution in [1.29, 1.82) is 0 Å². The molecule has 0 spiro atoms. The molecule has 1 fully saturated rings. The van der Waals surface area contributed by atoms with Gasteiger partial charge in [-0.05, 0) is 43.5 Å². The van der Waals surface area contributed by atoms with Crippen LogP contribution in [0.4, 0.5) is 26.3 Å². The maximum absolute atomic E-state index is 12.9. The number of nitrogens with one attached hydrogen (secondary N) is 1. The van der Waals surface area contributed by atoms with Crippen LogP contribution in [0.2, 0.25) is 0 Å². The summed E-state index contributed by atoms with van der Waals surface area (Å²) in [6.07, 6.45) is -8.61. The molecule has 2 rings (SSSR count). The van der Waals surface area contributed by atoms with E-state index in [1.807, 2.05) is 9.62 Å². The first kappa shape index (κ1) is 22.9. The van der Waals surface area contributed by atoms with Crippen molar-refractivity contribution in [3.05, 3.63) is 29.3 Å². The molecule has 0 aromatic heterocycles. The van der Waals surface area contributed by atoms with Gasteiger partial charge in [-0.2, -0.15) is 26.3 Å². The van der Waals surface area contributed by atoms with Crippen LogP contribution in [0.15, 0.2) is 23.1 Å². The number of piperidine rings is 1. The van der Waals surface area contributed by atoms with Crippen LogP contribution in [0, 0.1) is 5.92 Å². The third-order valence-corrected chi connectivity index (χ3v) is 5.89. The molecule has 0 amide bonds. The highest BCUT2D eigenvalue weighted by atomic mass is 32.2. The van der Waals surface area contributed by atoms with E-state index >= 15 is 0 Å². The highest BCUT2D eigenvalue weighted by molar-refractivity contribution is 7.89. The smallest absolute Gasteiger partial charge is 0.396 e. The minimum atomic E-state index is -5.13. The first-order valence-electron chi connectivity index (χ1n) is 8.45. The normalized spacial score (nSPS) is 19.8. The van der Waals surface area contributed by atoms with Gasteiger partial charge in [0.2, 0.25) is 10.0 Å². The quantitative estimate of drug-likeness (QED) is 0.676. The summed E-state index contributed by atoms with van der Waals surface area (Å²) in [5.74, 6) is 0.0585. The van der Waals surface area contributed by atoms with Gasteiger partial charge in [0.1, 0.15) is 0 Å². The number of hydrogen-bond donors (Lipinski definition) is 2. The van der Waals surface area contributed by atoms with Gasteiger partial charge in [-0.25, -0.2) is 13.1 Å². The Morgan fingerprint density at radius 3 is 2.14 bits per heavy atom. The molecule has 1 aromatic carbocycles. The van der Waals surface area contributed by atoms with E-state index in [1.54, 1.807) is 0 Å². The lowest BCUT2D eigenvalue weighted by Gasteiger charge is -2.31. The molecule has 1 aliphatic rings. The van der Waals surface area contributed by atoms with Gasteiger partial charge in [0.15, 0.2) is 0 Å². The molecule has 1 aromatic rings. The number of benzene rings is 1. The molecule has 28 heavy (non-hydrogen) atoms. The predicted molar refractivity (Wildman–Crippen MR) is 87.9 cm³/mol. The van der Waals surface area contributed by atoms with Crippen molar-refractivity contribution >= 4 is 10.0 Å². The SMILES string of the molecule is O=S(=O)(NCCN1CCC[C@H](CO)C1)c1cc(C(F)(F)F)cc(C(F)(F)F)c1. The Morgan fingerprint density at radius 2 is 1.64 bits per heavy atom. The molecule has 0 radical (unpaired) electrons. The Morgan fingerprint density at radius 1 is 1.07 bits per heavy atom. The van der Waals surface area contributed by atoms with Crippen LogP contribution < -0.4 is 4.72 Å². The van der Waals surface area contributed by atoms with Crippen molar-refractivity contribution < 1.29 is 39.9 Å². The first-order chi connectivity index (χ1) is 12.8. The van der Waals surface area contributed by atoms with Crippen molar-refractivity contribution in [2.45, 2.75) is 30.1 Å². The van der Waals surface area contributed by atoms with Crippen LogP contribution >= 0.6 is 0 Å². The molecule has 1 heterocycles. The zero-order valence-corrected chi connectivity index (χ0v) is 15.5. The Kier molecular flexibility index (Phi) is 7.00. The predicted octanol–water partition coefficient (Wildman–Crippen LogP) is 2.71. The topological polar surface area (TPSA) is 69.6 Å². The largest absolute Gasteiger partial charge is 0.416 e. The minimum absolute atomic E-state index is 0.00726. The number of aliphatic hydroxyl groups is 1. The molecular formula is C16H20F6N2O3S. The second-order valence-corrected chi connectivity index (χ2v) is 8.40. The van der Waals surface area contributed by atoms with Crippen molar-refractivity contribution in [1.82, 2.24) is 9.62 Å². The van der Waals surface area contributed by atoms with Crippen LogP contribution in [-0.4, -0.2) is 51.2 Å². The highest BCUT2D eigenvalue weighted by Gasteiger charge is 2.38. The van der Waals surface area contributed by atoms with Crippen molar-refractivity contribution in [2.75, 3.05) is 32.8 Å².